The van der Waals surface area contributed by atoms with E-state index in [0.29, 0.717) is 42.0 Å². The van der Waals surface area contributed by atoms with Crippen LogP contribution in [0.4, 0.5) is 0 Å². The number of aliphatic hydroxyl groups excluding tert-OH is 1. The third kappa shape index (κ3) is 2.48. The van der Waals surface area contributed by atoms with E-state index in [4.69, 9.17) is 8.94 Å². The smallest absolute Gasteiger partial charge is 0.295 e. The van der Waals surface area contributed by atoms with Crippen molar-refractivity contribution in [3.63, 3.8) is 0 Å². The van der Waals surface area contributed by atoms with Crippen molar-refractivity contribution in [3.05, 3.63) is 40.9 Å². The Balaban J connectivity index is 1.54. The Morgan fingerprint density at radius 1 is 1.25 bits per heavy atom. The van der Waals surface area contributed by atoms with Crippen LogP contribution in [0.25, 0.3) is 23.0 Å². The lowest BCUT2D eigenvalue weighted by molar-refractivity contribution is -0.129. The number of aryl methyl sites for hydroxylation is 2. The van der Waals surface area contributed by atoms with E-state index in [1.165, 1.54) is 0 Å². The molecule has 3 aromatic rings. The summed E-state index contributed by atoms with van der Waals surface area (Å²) in [7, 11) is 0. The first-order valence-electron chi connectivity index (χ1n) is 9.37. The molecule has 8 heteroatoms. The zero-order valence-electron chi connectivity index (χ0n) is 15.7. The van der Waals surface area contributed by atoms with Crippen molar-refractivity contribution in [2.24, 2.45) is 5.92 Å². The molecule has 0 bridgehead atoms. The summed E-state index contributed by atoms with van der Waals surface area (Å²) in [5.41, 5.74) is 3.87. The van der Waals surface area contributed by atoms with Crippen LogP contribution in [-0.4, -0.2) is 44.2 Å². The van der Waals surface area contributed by atoms with E-state index >= 15 is 0 Å². The van der Waals surface area contributed by atoms with Gasteiger partial charge in [-0.3, -0.25) is 4.79 Å². The molecule has 2 aliphatic rings. The summed E-state index contributed by atoms with van der Waals surface area (Å²) in [5.74, 6) is 2.18. The van der Waals surface area contributed by atoms with Gasteiger partial charge >= 0.3 is 0 Å². The van der Waals surface area contributed by atoms with Crippen LogP contribution >= 0.6 is 0 Å². The van der Waals surface area contributed by atoms with Gasteiger partial charge in [0.15, 0.2) is 5.89 Å². The minimum absolute atomic E-state index is 0.0140. The Labute approximate surface area is 161 Å². The van der Waals surface area contributed by atoms with Gasteiger partial charge in [0, 0.05) is 25.5 Å². The Morgan fingerprint density at radius 2 is 2.11 bits per heavy atom. The zero-order chi connectivity index (χ0) is 19.4. The van der Waals surface area contributed by atoms with Crippen molar-refractivity contribution in [2.75, 3.05) is 13.2 Å². The van der Waals surface area contributed by atoms with Crippen LogP contribution in [0.5, 0.6) is 0 Å². The molecule has 1 aliphatic carbocycles. The molecule has 1 aromatic carbocycles. The fraction of sp³-hybridized carbons (Fsp3) is 0.400. The largest absolute Gasteiger partial charge is 0.436 e. The molecule has 144 valence electrons. The fourth-order valence-electron chi connectivity index (χ4n) is 4.58. The summed E-state index contributed by atoms with van der Waals surface area (Å²) in [5, 5.41) is 13.5. The van der Waals surface area contributed by atoms with E-state index in [1.54, 1.807) is 11.8 Å². The number of carbonyl (C=O) groups is 1. The molecule has 0 spiro atoms. The highest BCUT2D eigenvalue weighted by Gasteiger charge is 2.46. The van der Waals surface area contributed by atoms with Gasteiger partial charge in [-0.25, -0.2) is 4.98 Å². The van der Waals surface area contributed by atoms with E-state index in [0.717, 1.165) is 23.1 Å². The molecule has 1 fully saturated rings. The van der Waals surface area contributed by atoms with Crippen molar-refractivity contribution in [2.45, 2.75) is 32.7 Å². The van der Waals surface area contributed by atoms with Crippen molar-refractivity contribution >= 4 is 5.91 Å². The van der Waals surface area contributed by atoms with Crippen LogP contribution in [0.3, 0.4) is 0 Å². The third-order valence-electron chi connectivity index (χ3n) is 5.64. The molecule has 2 atom stereocenters. The van der Waals surface area contributed by atoms with Gasteiger partial charge in [-0.2, -0.15) is 4.98 Å². The number of fused-ring (bicyclic) bond motifs is 3. The molecule has 0 radical (unpaired) electrons. The molecule has 1 amide bonds. The van der Waals surface area contributed by atoms with Gasteiger partial charge in [0.05, 0.1) is 18.3 Å². The molecule has 0 unspecified atom stereocenters. The predicted molar refractivity (Wildman–Crippen MR) is 98.1 cm³/mol. The van der Waals surface area contributed by atoms with Crippen molar-refractivity contribution in [1.29, 1.82) is 0 Å². The number of β-amino-alcohol motifs (C(OH)–C–C–N with tert-alkyl or cyclic N) is 1. The Morgan fingerprint density at radius 3 is 2.86 bits per heavy atom. The number of aliphatic hydroxyl groups is 1. The third-order valence-corrected chi connectivity index (χ3v) is 5.64. The second-order valence-corrected chi connectivity index (χ2v) is 7.37. The molecule has 1 aliphatic heterocycles. The Bertz CT molecular complexity index is 1070. The van der Waals surface area contributed by atoms with Crippen LogP contribution in [0, 0.1) is 19.8 Å². The lowest BCUT2D eigenvalue weighted by Crippen LogP contribution is -2.30. The van der Waals surface area contributed by atoms with Gasteiger partial charge in [0.1, 0.15) is 0 Å². The summed E-state index contributed by atoms with van der Waals surface area (Å²) >= 11 is 0. The molecule has 1 N–H and O–H groups in total. The first-order valence-corrected chi connectivity index (χ1v) is 9.37. The molecular weight excluding hydrogens is 360 g/mol. The number of hydrogen-bond donors (Lipinski definition) is 1. The number of benzene rings is 1. The zero-order valence-corrected chi connectivity index (χ0v) is 15.7. The molecular formula is C20H20N4O4. The van der Waals surface area contributed by atoms with Crippen LogP contribution < -0.4 is 0 Å². The van der Waals surface area contributed by atoms with E-state index in [1.807, 2.05) is 19.1 Å². The predicted octanol–water partition coefficient (Wildman–Crippen LogP) is 2.45. The van der Waals surface area contributed by atoms with Gasteiger partial charge in [0.2, 0.25) is 17.5 Å². The molecule has 8 nitrogen and oxygen atoms in total. The first kappa shape index (κ1) is 17.1. The minimum atomic E-state index is -0.0336. The molecule has 3 heterocycles. The van der Waals surface area contributed by atoms with Gasteiger partial charge in [0.25, 0.3) is 5.89 Å². The number of oxazole rings is 1. The maximum absolute atomic E-state index is 12.3. The van der Waals surface area contributed by atoms with Crippen LogP contribution in [0.15, 0.2) is 27.1 Å². The standard InChI is InChI=1S/C20H20N4O4/c1-10-18(27-11(2)21-10)20-22-19(23-28-20)14-5-3-4-13-15(14)8-12-9-16(26)24(6-7-25)17(12)13/h3-5,12,17,25H,6-9H2,1-2H3/t12-,17+/m1/s1. The van der Waals surface area contributed by atoms with E-state index in [-0.39, 0.29) is 24.5 Å². The second-order valence-electron chi connectivity index (χ2n) is 7.37. The number of amides is 1. The average Bonchev–Trinajstić information content (AvgIpc) is 3.40. The normalized spacial score (nSPS) is 20.7. The number of carbonyl (C=O) groups excluding carboxylic acids is 1. The van der Waals surface area contributed by atoms with Gasteiger partial charge in [-0.05, 0) is 30.4 Å². The lowest BCUT2D eigenvalue weighted by atomic mass is 10.0. The summed E-state index contributed by atoms with van der Waals surface area (Å²) in [6, 6.07) is 6.00. The molecule has 0 saturated carbocycles. The highest BCUT2D eigenvalue weighted by molar-refractivity contribution is 5.81. The number of nitrogens with zero attached hydrogens (tertiary/aromatic N) is 4. The monoisotopic (exact) mass is 380 g/mol. The molecule has 1 saturated heterocycles. The summed E-state index contributed by atoms with van der Waals surface area (Å²) in [6.07, 6.45) is 1.29. The van der Waals surface area contributed by atoms with Crippen LogP contribution in [-0.2, 0) is 11.2 Å². The molecule has 28 heavy (non-hydrogen) atoms. The number of hydrogen-bond acceptors (Lipinski definition) is 7. The Hall–Kier alpha value is -3.00. The summed E-state index contributed by atoms with van der Waals surface area (Å²) < 4.78 is 11.0. The van der Waals surface area contributed by atoms with Crippen molar-refractivity contribution in [1.82, 2.24) is 20.0 Å². The highest BCUT2D eigenvalue weighted by atomic mass is 16.5. The fourth-order valence-corrected chi connectivity index (χ4v) is 4.58. The molecule has 2 aromatic heterocycles. The van der Waals surface area contributed by atoms with Gasteiger partial charge < -0.3 is 18.9 Å². The molecule has 5 rings (SSSR count). The number of likely N-dealkylation sites (tertiary alicyclic amines) is 1. The van der Waals surface area contributed by atoms with Crippen molar-refractivity contribution in [3.8, 4) is 23.0 Å². The van der Waals surface area contributed by atoms with Crippen LogP contribution in [0.1, 0.15) is 35.2 Å². The Kier molecular flexibility index (Phi) is 3.83. The van der Waals surface area contributed by atoms with E-state index < -0.39 is 0 Å². The van der Waals surface area contributed by atoms with E-state index in [9.17, 15) is 9.90 Å². The quantitative estimate of drug-likeness (QED) is 0.741. The summed E-state index contributed by atoms with van der Waals surface area (Å²) in [6.45, 7) is 3.94. The maximum atomic E-state index is 12.3. The first-order chi connectivity index (χ1) is 13.6. The topological polar surface area (TPSA) is 105 Å². The van der Waals surface area contributed by atoms with Gasteiger partial charge in [-0.15, -0.1) is 0 Å². The highest BCUT2D eigenvalue weighted by Crippen LogP contribution is 2.49. The van der Waals surface area contributed by atoms with Crippen molar-refractivity contribution < 1.29 is 18.8 Å². The minimum Gasteiger partial charge on any atom is -0.436 e. The SMILES string of the molecule is Cc1nc(C)c(-c2nc(-c3cccc4c3C[C@@H]3CC(=O)N(CCO)[C@H]43)no2)o1. The van der Waals surface area contributed by atoms with Crippen LogP contribution in [0.2, 0.25) is 0 Å². The van der Waals surface area contributed by atoms with Gasteiger partial charge in [-0.1, -0.05) is 23.4 Å². The summed E-state index contributed by atoms with van der Waals surface area (Å²) in [4.78, 5) is 22.9. The lowest BCUT2D eigenvalue weighted by Gasteiger charge is -2.24. The number of rotatable bonds is 4. The second kappa shape index (κ2) is 6.27. The average molecular weight is 380 g/mol. The number of aromatic nitrogens is 3. The maximum Gasteiger partial charge on any atom is 0.295 e. The van der Waals surface area contributed by atoms with E-state index in [2.05, 4.69) is 21.2 Å².